The predicted molar refractivity (Wildman–Crippen MR) is 77.9 cm³/mol. The number of aryl methyl sites for hydroxylation is 1. The highest BCUT2D eigenvalue weighted by molar-refractivity contribution is 8.00. The monoisotopic (exact) mass is 298 g/mol. The van der Waals surface area contributed by atoms with Gasteiger partial charge in [0.2, 0.25) is 5.91 Å². The van der Waals surface area contributed by atoms with Gasteiger partial charge in [-0.15, -0.1) is 0 Å². The molecule has 1 aromatic rings. The van der Waals surface area contributed by atoms with Crippen molar-refractivity contribution < 1.29 is 9.59 Å². The largest absolute Gasteiger partial charge is 0.366 e. The fourth-order valence-electron chi connectivity index (χ4n) is 2.07. The van der Waals surface area contributed by atoms with E-state index in [0.717, 1.165) is 11.5 Å². The van der Waals surface area contributed by atoms with Crippen molar-refractivity contribution in [3.05, 3.63) is 33.8 Å². The van der Waals surface area contributed by atoms with E-state index in [1.807, 2.05) is 6.92 Å². The predicted octanol–water partition coefficient (Wildman–Crippen LogP) is 1.98. The molecule has 2 amide bonds. The maximum absolute atomic E-state index is 12.3. The van der Waals surface area contributed by atoms with Crippen LogP contribution in [0.1, 0.15) is 33.2 Å². The van der Waals surface area contributed by atoms with Gasteiger partial charge in [0.15, 0.2) is 0 Å². The standard InChI is InChI=1S/C13H15ClN2O2S/c1-7-3-8(14)4-9(10(7)11(15)17)12(18)16-13(2)5-19-6-13/h3-4H,5-6H2,1-2H3,(H2,15,17)(H,16,18). The van der Waals surface area contributed by atoms with Gasteiger partial charge in [0.25, 0.3) is 5.91 Å². The van der Waals surface area contributed by atoms with Crippen LogP contribution < -0.4 is 11.1 Å². The van der Waals surface area contributed by atoms with Crippen LogP contribution in [0, 0.1) is 6.92 Å². The zero-order valence-corrected chi connectivity index (χ0v) is 12.3. The van der Waals surface area contributed by atoms with Crippen molar-refractivity contribution in [2.45, 2.75) is 19.4 Å². The van der Waals surface area contributed by atoms with E-state index in [-0.39, 0.29) is 22.6 Å². The fraction of sp³-hybridized carbons (Fsp3) is 0.385. The number of thioether (sulfide) groups is 1. The molecule has 19 heavy (non-hydrogen) atoms. The lowest BCUT2D eigenvalue weighted by atomic mass is 9.99. The lowest BCUT2D eigenvalue weighted by Crippen LogP contribution is -2.55. The Balaban J connectivity index is 2.37. The van der Waals surface area contributed by atoms with Crippen LogP contribution in [-0.4, -0.2) is 28.9 Å². The van der Waals surface area contributed by atoms with E-state index >= 15 is 0 Å². The topological polar surface area (TPSA) is 72.2 Å². The number of hydrogen-bond acceptors (Lipinski definition) is 3. The van der Waals surface area contributed by atoms with E-state index in [1.165, 1.54) is 6.07 Å². The quantitative estimate of drug-likeness (QED) is 0.896. The lowest BCUT2D eigenvalue weighted by molar-refractivity contribution is 0.0906. The number of primary amides is 1. The van der Waals surface area contributed by atoms with Gasteiger partial charge >= 0.3 is 0 Å². The molecule has 0 saturated carbocycles. The van der Waals surface area contributed by atoms with Gasteiger partial charge in [-0.2, -0.15) is 11.8 Å². The third kappa shape index (κ3) is 2.87. The molecule has 0 bridgehead atoms. The maximum atomic E-state index is 12.3. The van der Waals surface area contributed by atoms with Crippen LogP contribution >= 0.6 is 23.4 Å². The summed E-state index contributed by atoms with van der Waals surface area (Å²) >= 11 is 7.72. The Kier molecular flexibility index (Phi) is 3.78. The Morgan fingerprint density at radius 2 is 2.05 bits per heavy atom. The lowest BCUT2D eigenvalue weighted by Gasteiger charge is -2.38. The zero-order chi connectivity index (χ0) is 14.2. The first-order chi connectivity index (χ1) is 8.82. The summed E-state index contributed by atoms with van der Waals surface area (Å²) in [7, 11) is 0. The number of carbonyl (C=O) groups excluding carboxylic acids is 2. The molecule has 2 rings (SSSR count). The molecule has 1 heterocycles. The molecular formula is C13H15ClN2O2S. The molecule has 6 heteroatoms. The van der Waals surface area contributed by atoms with Crippen LogP contribution in [0.15, 0.2) is 12.1 Å². The van der Waals surface area contributed by atoms with Gasteiger partial charge in [0.1, 0.15) is 0 Å². The van der Waals surface area contributed by atoms with Crippen LogP contribution in [0.25, 0.3) is 0 Å². The molecule has 0 unspecified atom stereocenters. The summed E-state index contributed by atoms with van der Waals surface area (Å²) in [5.74, 6) is 0.809. The molecule has 0 atom stereocenters. The molecule has 3 N–H and O–H groups in total. The summed E-state index contributed by atoms with van der Waals surface area (Å²) in [5, 5.41) is 3.35. The summed E-state index contributed by atoms with van der Waals surface area (Å²) in [6, 6.07) is 3.11. The van der Waals surface area contributed by atoms with Crippen molar-refractivity contribution in [1.82, 2.24) is 5.32 Å². The number of nitrogens with two attached hydrogens (primary N) is 1. The van der Waals surface area contributed by atoms with Crippen molar-refractivity contribution >= 4 is 35.2 Å². The van der Waals surface area contributed by atoms with Crippen molar-refractivity contribution in [3.63, 3.8) is 0 Å². The Hall–Kier alpha value is -1.20. The number of halogens is 1. The SMILES string of the molecule is Cc1cc(Cl)cc(C(=O)NC2(C)CSC2)c1C(N)=O. The molecule has 0 radical (unpaired) electrons. The summed E-state index contributed by atoms with van der Waals surface area (Å²) < 4.78 is 0. The van der Waals surface area contributed by atoms with E-state index in [9.17, 15) is 9.59 Å². The molecular weight excluding hydrogens is 284 g/mol. The molecule has 4 nitrogen and oxygen atoms in total. The summed E-state index contributed by atoms with van der Waals surface area (Å²) in [6.07, 6.45) is 0. The van der Waals surface area contributed by atoms with E-state index in [1.54, 1.807) is 24.8 Å². The van der Waals surface area contributed by atoms with E-state index in [0.29, 0.717) is 10.6 Å². The minimum atomic E-state index is -0.618. The Bertz CT molecular complexity index is 556. The van der Waals surface area contributed by atoms with Gasteiger partial charge < -0.3 is 11.1 Å². The van der Waals surface area contributed by atoms with Crippen LogP contribution in [0.4, 0.5) is 0 Å². The van der Waals surface area contributed by atoms with Gasteiger partial charge in [-0.1, -0.05) is 11.6 Å². The third-order valence-corrected chi connectivity index (χ3v) is 4.95. The Morgan fingerprint density at radius 3 is 2.53 bits per heavy atom. The molecule has 0 aromatic heterocycles. The van der Waals surface area contributed by atoms with Gasteiger partial charge in [0.05, 0.1) is 16.7 Å². The van der Waals surface area contributed by atoms with Crippen molar-refractivity contribution in [3.8, 4) is 0 Å². The maximum Gasteiger partial charge on any atom is 0.252 e. The Labute approximate surface area is 121 Å². The van der Waals surface area contributed by atoms with Crippen LogP contribution in [0.3, 0.4) is 0 Å². The Morgan fingerprint density at radius 1 is 1.42 bits per heavy atom. The first-order valence-corrected chi connectivity index (χ1v) is 7.36. The highest BCUT2D eigenvalue weighted by Gasteiger charge is 2.35. The van der Waals surface area contributed by atoms with E-state index < -0.39 is 5.91 Å². The normalized spacial score (nSPS) is 16.6. The molecule has 102 valence electrons. The first kappa shape index (κ1) is 14.2. The van der Waals surface area contributed by atoms with Crippen molar-refractivity contribution in [2.75, 3.05) is 11.5 Å². The molecule has 1 saturated heterocycles. The van der Waals surface area contributed by atoms with E-state index in [2.05, 4.69) is 5.32 Å². The third-order valence-electron chi connectivity index (χ3n) is 3.05. The number of carbonyl (C=O) groups is 2. The second-order valence-corrected chi connectivity index (χ2v) is 6.44. The summed E-state index contributed by atoms with van der Waals surface area (Å²) in [5.41, 5.74) is 6.22. The smallest absolute Gasteiger partial charge is 0.252 e. The molecule has 1 aromatic carbocycles. The molecule has 1 aliphatic heterocycles. The molecule has 0 aliphatic carbocycles. The molecule has 0 spiro atoms. The number of hydrogen-bond donors (Lipinski definition) is 2. The van der Waals surface area contributed by atoms with Crippen LogP contribution in [-0.2, 0) is 0 Å². The zero-order valence-electron chi connectivity index (χ0n) is 10.7. The average molecular weight is 299 g/mol. The van der Waals surface area contributed by atoms with Crippen molar-refractivity contribution in [1.29, 1.82) is 0 Å². The highest BCUT2D eigenvalue weighted by Crippen LogP contribution is 2.29. The van der Waals surface area contributed by atoms with E-state index in [4.69, 9.17) is 17.3 Å². The number of amides is 2. The van der Waals surface area contributed by atoms with Crippen molar-refractivity contribution in [2.24, 2.45) is 5.73 Å². The van der Waals surface area contributed by atoms with Crippen LogP contribution in [0.5, 0.6) is 0 Å². The highest BCUT2D eigenvalue weighted by atomic mass is 35.5. The van der Waals surface area contributed by atoms with Crippen LogP contribution in [0.2, 0.25) is 5.02 Å². The minimum Gasteiger partial charge on any atom is -0.366 e. The summed E-state index contributed by atoms with van der Waals surface area (Å²) in [4.78, 5) is 23.8. The number of rotatable bonds is 3. The van der Waals surface area contributed by atoms with Gasteiger partial charge in [-0.3, -0.25) is 9.59 Å². The average Bonchev–Trinajstić information content (AvgIpc) is 2.24. The minimum absolute atomic E-state index is 0.215. The molecule has 1 fully saturated rings. The second kappa shape index (κ2) is 5.06. The number of benzene rings is 1. The first-order valence-electron chi connectivity index (χ1n) is 5.83. The second-order valence-electron chi connectivity index (χ2n) is 5.02. The molecule has 1 aliphatic rings. The van der Waals surface area contributed by atoms with Gasteiger partial charge in [-0.05, 0) is 31.5 Å². The summed E-state index contributed by atoms with van der Waals surface area (Å²) in [6.45, 7) is 3.69. The fourth-order valence-corrected chi connectivity index (χ4v) is 3.30. The number of nitrogens with one attached hydrogen (secondary N) is 1. The van der Waals surface area contributed by atoms with Gasteiger partial charge in [0, 0.05) is 16.5 Å². The van der Waals surface area contributed by atoms with Gasteiger partial charge in [-0.25, -0.2) is 0 Å².